The average molecular weight is 380 g/mol. The predicted octanol–water partition coefficient (Wildman–Crippen LogP) is 3.04. The van der Waals surface area contributed by atoms with Gasteiger partial charge in [0.25, 0.3) is 0 Å². The van der Waals surface area contributed by atoms with Gasteiger partial charge < -0.3 is 10.4 Å². The van der Waals surface area contributed by atoms with Crippen LogP contribution in [-0.4, -0.2) is 26.0 Å². The summed E-state index contributed by atoms with van der Waals surface area (Å²) in [6.45, 7) is 0.303. The van der Waals surface area contributed by atoms with Gasteiger partial charge in [0, 0.05) is 12.2 Å². The monoisotopic (exact) mass is 380 g/mol. The van der Waals surface area contributed by atoms with Crippen molar-refractivity contribution in [3.63, 3.8) is 0 Å². The van der Waals surface area contributed by atoms with Gasteiger partial charge in [-0.15, -0.1) is 0 Å². The number of aromatic carboxylic acids is 1. The van der Waals surface area contributed by atoms with Gasteiger partial charge in [-0.05, 0) is 24.5 Å². The van der Waals surface area contributed by atoms with Gasteiger partial charge in [0.1, 0.15) is 0 Å². The number of anilines is 1. The van der Waals surface area contributed by atoms with Crippen molar-refractivity contribution in [3.05, 3.63) is 23.3 Å². The molecule has 10 heteroatoms. The lowest BCUT2D eigenvalue weighted by Crippen LogP contribution is -2.21. The molecule has 6 nitrogen and oxygen atoms in total. The minimum absolute atomic E-state index is 0.273. The molecule has 1 saturated carbocycles. The van der Waals surface area contributed by atoms with Crippen molar-refractivity contribution in [1.82, 2.24) is 0 Å². The van der Waals surface area contributed by atoms with E-state index in [-0.39, 0.29) is 5.69 Å². The van der Waals surface area contributed by atoms with E-state index in [0.29, 0.717) is 31.0 Å². The van der Waals surface area contributed by atoms with Crippen molar-refractivity contribution >= 4 is 21.7 Å². The van der Waals surface area contributed by atoms with Crippen LogP contribution >= 0.6 is 0 Å². The van der Waals surface area contributed by atoms with Crippen molar-refractivity contribution in [2.75, 3.05) is 11.9 Å². The van der Waals surface area contributed by atoms with Gasteiger partial charge in [-0.3, -0.25) is 0 Å². The van der Waals surface area contributed by atoms with Crippen LogP contribution in [0.5, 0.6) is 0 Å². The Morgan fingerprint density at radius 2 is 1.88 bits per heavy atom. The molecule has 0 amide bonds. The van der Waals surface area contributed by atoms with Gasteiger partial charge in [0.05, 0.1) is 16.0 Å². The van der Waals surface area contributed by atoms with Crippen LogP contribution in [0.25, 0.3) is 0 Å². The lowest BCUT2D eigenvalue weighted by atomic mass is 10.0. The summed E-state index contributed by atoms with van der Waals surface area (Å²) in [6, 6.07) is 0.955. The quantitative estimate of drug-likeness (QED) is 0.703. The third-order valence-corrected chi connectivity index (χ3v) is 5.26. The molecule has 0 radical (unpaired) electrons. The number of halogens is 3. The zero-order chi connectivity index (χ0) is 18.8. The summed E-state index contributed by atoms with van der Waals surface area (Å²) < 4.78 is 62.4. The number of hydrogen-bond donors (Lipinski definition) is 3. The Bertz CT molecular complexity index is 757. The molecular formula is C15H19F3N2O4S. The first-order valence-electron chi connectivity index (χ1n) is 7.75. The highest BCUT2D eigenvalue weighted by Crippen LogP contribution is 2.37. The van der Waals surface area contributed by atoms with E-state index >= 15 is 0 Å². The van der Waals surface area contributed by atoms with E-state index in [1.54, 1.807) is 0 Å². The molecule has 1 aliphatic rings. The maximum absolute atomic E-state index is 13.2. The summed E-state index contributed by atoms with van der Waals surface area (Å²) in [6.07, 6.45) is 0.0495. The normalized spacial score (nSPS) is 16.2. The molecule has 1 fully saturated rings. The Balaban J connectivity index is 2.38. The number of sulfonamides is 1. The number of nitrogens with one attached hydrogen (secondary N) is 1. The van der Waals surface area contributed by atoms with E-state index in [0.717, 1.165) is 25.7 Å². The van der Waals surface area contributed by atoms with Crippen molar-refractivity contribution in [2.45, 2.75) is 43.2 Å². The van der Waals surface area contributed by atoms with Crippen molar-refractivity contribution < 1.29 is 31.5 Å². The first-order chi connectivity index (χ1) is 11.5. The number of alkyl halides is 3. The molecule has 1 aromatic carbocycles. The Labute approximate surface area is 143 Å². The SMILES string of the molecule is NS(=O)(=O)c1cc(C(=O)O)c(NCCC2CCCC2)cc1C(F)(F)F. The second kappa shape index (κ2) is 7.20. The van der Waals surface area contributed by atoms with Gasteiger partial charge in [0.15, 0.2) is 0 Å². The van der Waals surface area contributed by atoms with Gasteiger partial charge in [-0.25, -0.2) is 18.4 Å². The number of hydrogen-bond acceptors (Lipinski definition) is 4. The van der Waals surface area contributed by atoms with E-state index in [9.17, 15) is 31.5 Å². The number of carbonyl (C=O) groups is 1. The number of carboxylic acid groups (broad SMARTS) is 1. The minimum atomic E-state index is -4.99. The van der Waals surface area contributed by atoms with Crippen LogP contribution in [0.4, 0.5) is 18.9 Å². The maximum atomic E-state index is 13.2. The van der Waals surface area contributed by atoms with E-state index in [2.05, 4.69) is 5.32 Å². The topological polar surface area (TPSA) is 109 Å². The van der Waals surface area contributed by atoms with Crippen molar-refractivity contribution in [1.29, 1.82) is 0 Å². The lowest BCUT2D eigenvalue weighted by Gasteiger charge is -2.17. The molecule has 0 saturated heterocycles. The lowest BCUT2D eigenvalue weighted by molar-refractivity contribution is -0.139. The summed E-state index contributed by atoms with van der Waals surface area (Å²) in [4.78, 5) is 10.1. The summed E-state index contributed by atoms with van der Waals surface area (Å²) in [5, 5.41) is 16.7. The van der Waals surface area contributed by atoms with Crippen LogP contribution < -0.4 is 10.5 Å². The van der Waals surface area contributed by atoms with Crippen LogP contribution in [0.1, 0.15) is 48.0 Å². The van der Waals surface area contributed by atoms with Gasteiger partial charge in [-0.1, -0.05) is 25.7 Å². The molecule has 2 rings (SSSR count). The van der Waals surface area contributed by atoms with Gasteiger partial charge in [0.2, 0.25) is 10.0 Å². The molecule has 0 unspecified atom stereocenters. The van der Waals surface area contributed by atoms with E-state index < -0.39 is 38.2 Å². The number of carboxylic acids is 1. The Morgan fingerprint density at radius 1 is 1.28 bits per heavy atom. The van der Waals surface area contributed by atoms with Gasteiger partial charge >= 0.3 is 12.1 Å². The Kier molecular flexibility index (Phi) is 5.62. The molecule has 1 aromatic rings. The van der Waals surface area contributed by atoms with Crippen LogP contribution in [0.15, 0.2) is 17.0 Å². The number of nitrogens with two attached hydrogens (primary N) is 1. The highest BCUT2D eigenvalue weighted by Gasteiger charge is 2.38. The number of rotatable bonds is 6. The van der Waals surface area contributed by atoms with Gasteiger partial charge in [-0.2, -0.15) is 13.2 Å². The second-order valence-electron chi connectivity index (χ2n) is 6.11. The predicted molar refractivity (Wildman–Crippen MR) is 84.8 cm³/mol. The molecule has 140 valence electrons. The standard InChI is InChI=1S/C15H19F3N2O4S/c16-15(17,18)11-8-12(20-6-5-9-3-1-2-4-9)10(14(21)22)7-13(11)25(19,23)24/h7-9,20H,1-6H2,(H,21,22)(H2,19,23,24). The molecular weight excluding hydrogens is 361 g/mol. The molecule has 0 aromatic heterocycles. The Hall–Kier alpha value is -1.81. The summed E-state index contributed by atoms with van der Waals surface area (Å²) in [5.74, 6) is -1.08. The number of benzene rings is 1. The fourth-order valence-electron chi connectivity index (χ4n) is 3.07. The first-order valence-corrected chi connectivity index (χ1v) is 9.30. The van der Waals surface area contributed by atoms with Crippen LogP contribution in [0.3, 0.4) is 0 Å². The van der Waals surface area contributed by atoms with Crippen LogP contribution in [0, 0.1) is 5.92 Å². The number of primary sulfonamides is 1. The third-order valence-electron chi connectivity index (χ3n) is 4.30. The van der Waals surface area contributed by atoms with E-state index in [4.69, 9.17) is 5.14 Å². The molecule has 0 aliphatic heterocycles. The largest absolute Gasteiger partial charge is 0.478 e. The second-order valence-corrected chi connectivity index (χ2v) is 7.64. The van der Waals surface area contributed by atoms with E-state index in [1.165, 1.54) is 0 Å². The molecule has 0 bridgehead atoms. The summed E-state index contributed by atoms with van der Waals surface area (Å²) in [5.41, 5.74) is -2.32. The minimum Gasteiger partial charge on any atom is -0.478 e. The molecule has 4 N–H and O–H groups in total. The first kappa shape index (κ1) is 19.5. The smallest absolute Gasteiger partial charge is 0.417 e. The molecule has 0 spiro atoms. The maximum Gasteiger partial charge on any atom is 0.417 e. The molecule has 0 atom stereocenters. The highest BCUT2D eigenvalue weighted by atomic mass is 32.2. The fourth-order valence-corrected chi connectivity index (χ4v) is 3.83. The Morgan fingerprint density at radius 3 is 2.36 bits per heavy atom. The summed E-state index contributed by atoms with van der Waals surface area (Å²) in [7, 11) is -4.73. The van der Waals surface area contributed by atoms with Crippen LogP contribution in [-0.2, 0) is 16.2 Å². The fraction of sp³-hybridized carbons (Fsp3) is 0.533. The van der Waals surface area contributed by atoms with Crippen LogP contribution in [0.2, 0.25) is 0 Å². The molecule has 0 heterocycles. The molecule has 1 aliphatic carbocycles. The summed E-state index contributed by atoms with van der Waals surface area (Å²) >= 11 is 0. The average Bonchev–Trinajstić information content (AvgIpc) is 2.97. The highest BCUT2D eigenvalue weighted by molar-refractivity contribution is 7.89. The third kappa shape index (κ3) is 4.85. The zero-order valence-corrected chi connectivity index (χ0v) is 14.1. The van der Waals surface area contributed by atoms with E-state index in [1.807, 2.05) is 0 Å². The zero-order valence-electron chi connectivity index (χ0n) is 13.3. The molecule has 25 heavy (non-hydrogen) atoms. The van der Waals surface area contributed by atoms with Crippen molar-refractivity contribution in [3.8, 4) is 0 Å². The van der Waals surface area contributed by atoms with Crippen molar-refractivity contribution in [2.24, 2.45) is 11.1 Å².